The highest BCUT2D eigenvalue weighted by atomic mass is 16.6. The molecule has 1 aliphatic rings. The number of hydrogen-bond acceptors (Lipinski definition) is 10. The van der Waals surface area contributed by atoms with Gasteiger partial charge in [0.15, 0.2) is 6.23 Å². The third kappa shape index (κ3) is 8.89. The predicted octanol–water partition coefficient (Wildman–Crippen LogP) is 2.62. The molecule has 11 nitrogen and oxygen atoms in total. The number of carbonyl (C=O) groups is 2. The van der Waals surface area contributed by atoms with Crippen molar-refractivity contribution in [3.05, 3.63) is 34.9 Å². The molecule has 0 radical (unpaired) electrons. The van der Waals surface area contributed by atoms with Crippen LogP contribution in [0, 0.1) is 12.3 Å². The van der Waals surface area contributed by atoms with E-state index >= 15 is 0 Å². The molecule has 6 atom stereocenters. The molecule has 1 heterocycles. The summed E-state index contributed by atoms with van der Waals surface area (Å²) in [7, 11) is 2.60. The van der Waals surface area contributed by atoms with Gasteiger partial charge in [-0.3, -0.25) is 4.79 Å². The second-order valence-corrected chi connectivity index (χ2v) is 11.6. The molecule has 2 rings (SSSR count). The van der Waals surface area contributed by atoms with Gasteiger partial charge in [0.25, 0.3) is 5.91 Å². The number of ether oxygens (including phenoxy) is 3. The Morgan fingerprint density at radius 1 is 1.20 bits per heavy atom. The summed E-state index contributed by atoms with van der Waals surface area (Å²) in [5.41, 5.74) is 0.999. The molecule has 41 heavy (non-hydrogen) atoms. The lowest BCUT2D eigenvalue weighted by molar-refractivity contribution is -0.214. The molecule has 1 amide bonds. The first kappa shape index (κ1) is 34.5. The van der Waals surface area contributed by atoms with Crippen LogP contribution < -0.4 is 5.32 Å². The molecular weight excluding hydrogens is 534 g/mol. The van der Waals surface area contributed by atoms with Crippen molar-refractivity contribution in [2.45, 2.75) is 109 Å². The summed E-state index contributed by atoms with van der Waals surface area (Å²) in [6, 6.07) is 1.10. The average molecular weight is 582 g/mol. The van der Waals surface area contributed by atoms with Gasteiger partial charge in [0.2, 0.25) is 0 Å². The standard InChI is InChI=1S/C30H47NO10/c1-16(2)11-12-20(33)27(37)31-28(39-6)23-15-24(36)30(4,5)25(41-23)13-18(32)9-8-10-19-17(3)21(34)14-22(35)26(19)29(38)40-7/h14,18,20,23-25,28,32-36H,1,8-13,15H2,2-7H3,(H,31,37)/t18-,20?,23+,24?,25?,28?/m1/s1. The number of carbonyl (C=O) groups excluding carboxylic acids is 2. The van der Waals surface area contributed by atoms with Crippen LogP contribution in [0.2, 0.25) is 0 Å². The monoisotopic (exact) mass is 581 g/mol. The number of benzene rings is 1. The van der Waals surface area contributed by atoms with Crippen LogP contribution in [0.1, 0.15) is 80.8 Å². The van der Waals surface area contributed by atoms with E-state index in [1.807, 2.05) is 20.8 Å². The fourth-order valence-corrected chi connectivity index (χ4v) is 5.12. The van der Waals surface area contributed by atoms with E-state index in [0.717, 1.165) is 11.6 Å². The van der Waals surface area contributed by atoms with Crippen molar-refractivity contribution in [3.63, 3.8) is 0 Å². The van der Waals surface area contributed by atoms with Gasteiger partial charge in [-0.25, -0.2) is 4.79 Å². The van der Waals surface area contributed by atoms with Gasteiger partial charge in [0, 0.05) is 31.4 Å². The second kappa shape index (κ2) is 15.0. The van der Waals surface area contributed by atoms with Gasteiger partial charge in [-0.1, -0.05) is 19.4 Å². The molecule has 1 fully saturated rings. The number of aliphatic hydroxyl groups excluding tert-OH is 3. The topological polar surface area (TPSA) is 175 Å². The van der Waals surface area contributed by atoms with Crippen LogP contribution in [0.3, 0.4) is 0 Å². The van der Waals surface area contributed by atoms with Gasteiger partial charge in [-0.05, 0) is 57.1 Å². The Morgan fingerprint density at radius 3 is 2.44 bits per heavy atom. The summed E-state index contributed by atoms with van der Waals surface area (Å²) in [4.78, 5) is 24.8. The zero-order chi connectivity index (χ0) is 31.1. The average Bonchev–Trinajstić information content (AvgIpc) is 2.90. The minimum Gasteiger partial charge on any atom is -0.508 e. The maximum absolute atomic E-state index is 12.5. The molecule has 1 aromatic carbocycles. The lowest BCUT2D eigenvalue weighted by Crippen LogP contribution is -2.58. The number of rotatable bonds is 14. The molecule has 0 aliphatic carbocycles. The minimum absolute atomic E-state index is 0.0163. The summed E-state index contributed by atoms with van der Waals surface area (Å²) in [5, 5.41) is 55.1. The number of allylic oxidation sites excluding steroid dienone is 1. The number of aromatic hydroxyl groups is 2. The van der Waals surface area contributed by atoms with Crippen molar-refractivity contribution in [2.75, 3.05) is 14.2 Å². The lowest BCUT2D eigenvalue weighted by Gasteiger charge is -2.47. The maximum Gasteiger partial charge on any atom is 0.341 e. The Bertz CT molecular complexity index is 1070. The summed E-state index contributed by atoms with van der Waals surface area (Å²) < 4.78 is 16.5. The number of aliphatic hydroxyl groups is 3. The van der Waals surface area contributed by atoms with Crippen molar-refractivity contribution in [1.29, 1.82) is 0 Å². The number of nitrogens with one attached hydrogen (secondary N) is 1. The maximum atomic E-state index is 12.5. The molecule has 0 bridgehead atoms. The summed E-state index contributed by atoms with van der Waals surface area (Å²) in [5.74, 6) is -1.86. The van der Waals surface area contributed by atoms with E-state index in [9.17, 15) is 35.1 Å². The van der Waals surface area contributed by atoms with Crippen LogP contribution in [0.5, 0.6) is 11.5 Å². The van der Waals surface area contributed by atoms with Gasteiger partial charge >= 0.3 is 5.97 Å². The first-order valence-electron chi connectivity index (χ1n) is 13.9. The van der Waals surface area contributed by atoms with Crippen molar-refractivity contribution in [1.82, 2.24) is 5.32 Å². The third-order valence-electron chi connectivity index (χ3n) is 8.01. The molecule has 6 N–H and O–H groups in total. The van der Waals surface area contributed by atoms with Gasteiger partial charge < -0.3 is 45.1 Å². The van der Waals surface area contributed by atoms with Crippen molar-refractivity contribution >= 4 is 11.9 Å². The predicted molar refractivity (Wildman–Crippen MR) is 151 cm³/mol. The number of hydrogen-bond donors (Lipinski definition) is 6. The number of phenolic OH excluding ortho intramolecular Hbond substituents is 2. The summed E-state index contributed by atoms with van der Waals surface area (Å²) >= 11 is 0. The zero-order valence-corrected chi connectivity index (χ0v) is 25.0. The van der Waals surface area contributed by atoms with Crippen LogP contribution in [0.25, 0.3) is 0 Å². The number of amides is 1. The highest BCUT2D eigenvalue weighted by molar-refractivity contribution is 5.95. The SMILES string of the molecule is C=C(C)CCC(O)C(=O)NC(OC)[C@@H]1CC(O)C(C)(C)C(C[C@H](O)CCCc2c(C)c(O)cc(O)c2C(=O)OC)O1. The molecule has 4 unspecified atom stereocenters. The fourth-order valence-electron chi connectivity index (χ4n) is 5.12. The van der Waals surface area contributed by atoms with Crippen LogP contribution in [-0.4, -0.2) is 88.4 Å². The first-order valence-corrected chi connectivity index (χ1v) is 13.9. The highest BCUT2D eigenvalue weighted by Gasteiger charge is 2.47. The fraction of sp³-hybridized carbons (Fsp3) is 0.667. The van der Waals surface area contributed by atoms with Crippen LogP contribution in [0.15, 0.2) is 18.2 Å². The molecule has 11 heteroatoms. The van der Waals surface area contributed by atoms with Crippen molar-refractivity contribution in [2.24, 2.45) is 5.41 Å². The van der Waals surface area contributed by atoms with Crippen LogP contribution >= 0.6 is 0 Å². The van der Waals surface area contributed by atoms with Gasteiger partial charge in [-0.15, -0.1) is 6.58 Å². The molecule has 1 saturated heterocycles. The molecule has 232 valence electrons. The lowest BCUT2D eigenvalue weighted by atomic mass is 9.74. The third-order valence-corrected chi connectivity index (χ3v) is 8.01. The Labute approximate surface area is 242 Å². The first-order chi connectivity index (χ1) is 19.1. The normalized spacial score (nSPS) is 22.4. The minimum atomic E-state index is -1.25. The van der Waals surface area contributed by atoms with E-state index in [0.29, 0.717) is 36.8 Å². The number of methoxy groups -OCH3 is 2. The van der Waals surface area contributed by atoms with Crippen LogP contribution in [0.4, 0.5) is 0 Å². The Hall–Kier alpha value is -2.70. The van der Waals surface area contributed by atoms with Gasteiger partial charge in [-0.2, -0.15) is 0 Å². The zero-order valence-electron chi connectivity index (χ0n) is 25.0. The summed E-state index contributed by atoms with van der Waals surface area (Å²) in [6.07, 6.45) is -3.04. The molecule has 1 aliphatic heterocycles. The van der Waals surface area contributed by atoms with E-state index < -0.39 is 54.0 Å². The van der Waals surface area contributed by atoms with E-state index in [-0.39, 0.29) is 36.3 Å². The van der Waals surface area contributed by atoms with E-state index in [1.54, 1.807) is 6.92 Å². The largest absolute Gasteiger partial charge is 0.508 e. The molecule has 0 saturated carbocycles. The second-order valence-electron chi connectivity index (χ2n) is 11.6. The Balaban J connectivity index is 2.07. The molecule has 1 aromatic rings. The van der Waals surface area contributed by atoms with E-state index in [1.165, 1.54) is 14.2 Å². The Kier molecular flexibility index (Phi) is 12.6. The van der Waals surface area contributed by atoms with Crippen molar-refractivity contribution < 1.29 is 49.3 Å². The van der Waals surface area contributed by atoms with Gasteiger partial charge in [0.1, 0.15) is 29.3 Å². The highest BCUT2D eigenvalue weighted by Crippen LogP contribution is 2.40. The molecule has 0 spiro atoms. The van der Waals surface area contributed by atoms with E-state index in [2.05, 4.69) is 11.9 Å². The smallest absolute Gasteiger partial charge is 0.341 e. The van der Waals surface area contributed by atoms with Crippen LogP contribution in [-0.2, 0) is 25.4 Å². The quantitative estimate of drug-likeness (QED) is 0.109. The van der Waals surface area contributed by atoms with Crippen molar-refractivity contribution in [3.8, 4) is 11.5 Å². The summed E-state index contributed by atoms with van der Waals surface area (Å²) in [6.45, 7) is 10.9. The molecule has 0 aromatic heterocycles. The van der Waals surface area contributed by atoms with Gasteiger partial charge in [0.05, 0.1) is 25.4 Å². The number of phenols is 2. The number of esters is 1. The van der Waals surface area contributed by atoms with E-state index in [4.69, 9.17) is 14.2 Å². The molecular formula is C30H47NO10. The Morgan fingerprint density at radius 2 is 1.85 bits per heavy atom.